The molecule has 1 heterocycles. The molecule has 7 heteroatoms. The van der Waals surface area contributed by atoms with Crippen LogP contribution in [0.4, 0.5) is 5.69 Å². The number of nitrogens with one attached hydrogen (secondary N) is 1. The molecule has 0 aromatic heterocycles. The average molecular weight is 363 g/mol. The Balaban J connectivity index is 2.00. The van der Waals surface area contributed by atoms with E-state index in [1.165, 1.54) is 0 Å². The van der Waals surface area contributed by atoms with Crippen molar-refractivity contribution in [2.45, 2.75) is 19.6 Å². The summed E-state index contributed by atoms with van der Waals surface area (Å²) in [6.07, 6.45) is 0. The van der Waals surface area contributed by atoms with Crippen LogP contribution in [0.25, 0.3) is 0 Å². The minimum Gasteiger partial charge on any atom is -0.454 e. The summed E-state index contributed by atoms with van der Waals surface area (Å²) in [6, 6.07) is 15.0. The fraction of sp³-hybridized carbons (Fsp3) is 0.333. The van der Waals surface area contributed by atoms with Crippen LogP contribution in [0.15, 0.2) is 48.5 Å². The molecular formula is C18H22NO5P. The van der Waals surface area contributed by atoms with Crippen LogP contribution in [0, 0.1) is 0 Å². The lowest BCUT2D eigenvalue weighted by Crippen LogP contribution is -2.15. The van der Waals surface area contributed by atoms with Crippen molar-refractivity contribution in [2.75, 3.05) is 25.3 Å². The molecule has 6 nitrogen and oxygen atoms in total. The number of ether oxygens (including phenoxy) is 2. The van der Waals surface area contributed by atoms with E-state index >= 15 is 0 Å². The SMILES string of the molecule is CCOP(=O)(OCC)[C@H](Nc1ccccc1)c1ccc2c(c1)OCO2. The van der Waals surface area contributed by atoms with Crippen molar-refractivity contribution in [1.82, 2.24) is 0 Å². The van der Waals surface area contributed by atoms with Gasteiger partial charge in [-0.2, -0.15) is 0 Å². The smallest absolute Gasteiger partial charge is 0.357 e. The lowest BCUT2D eigenvalue weighted by molar-refractivity contribution is 0.174. The van der Waals surface area contributed by atoms with Gasteiger partial charge < -0.3 is 23.8 Å². The molecule has 0 radical (unpaired) electrons. The monoisotopic (exact) mass is 363 g/mol. The van der Waals surface area contributed by atoms with Crippen LogP contribution in [-0.2, 0) is 13.6 Å². The summed E-state index contributed by atoms with van der Waals surface area (Å²) in [5.74, 6) is 0.631. The Labute approximate surface area is 147 Å². The first-order valence-electron chi connectivity index (χ1n) is 8.26. The molecule has 0 fully saturated rings. The fourth-order valence-corrected chi connectivity index (χ4v) is 4.59. The zero-order valence-corrected chi connectivity index (χ0v) is 15.2. The van der Waals surface area contributed by atoms with Crippen molar-refractivity contribution in [3.63, 3.8) is 0 Å². The van der Waals surface area contributed by atoms with Gasteiger partial charge in [0.25, 0.3) is 0 Å². The summed E-state index contributed by atoms with van der Waals surface area (Å²) in [7, 11) is -3.45. The van der Waals surface area contributed by atoms with Crippen molar-refractivity contribution in [1.29, 1.82) is 0 Å². The third kappa shape index (κ3) is 3.98. The summed E-state index contributed by atoms with van der Waals surface area (Å²) in [5, 5.41) is 3.29. The van der Waals surface area contributed by atoms with E-state index in [4.69, 9.17) is 18.5 Å². The lowest BCUT2D eigenvalue weighted by atomic mass is 10.2. The highest BCUT2D eigenvalue weighted by Gasteiger charge is 2.37. The number of hydrogen-bond donors (Lipinski definition) is 1. The van der Waals surface area contributed by atoms with Gasteiger partial charge in [-0.3, -0.25) is 4.57 Å². The van der Waals surface area contributed by atoms with Crippen LogP contribution in [0.3, 0.4) is 0 Å². The highest BCUT2D eigenvalue weighted by Crippen LogP contribution is 2.61. The summed E-state index contributed by atoms with van der Waals surface area (Å²) >= 11 is 0. The molecule has 3 rings (SSSR count). The Morgan fingerprint density at radius 3 is 2.40 bits per heavy atom. The van der Waals surface area contributed by atoms with E-state index in [0.29, 0.717) is 11.5 Å². The molecule has 0 saturated heterocycles. The number of fused-ring (bicyclic) bond motifs is 1. The summed E-state index contributed by atoms with van der Waals surface area (Å²) in [4.78, 5) is 0. The Hall–Kier alpha value is -2.01. The number of para-hydroxylation sites is 1. The first-order chi connectivity index (χ1) is 12.2. The molecule has 1 aliphatic rings. The van der Waals surface area contributed by atoms with E-state index in [0.717, 1.165) is 11.3 Å². The van der Waals surface area contributed by atoms with E-state index < -0.39 is 13.4 Å². The molecule has 0 saturated carbocycles. The number of rotatable bonds is 8. The van der Waals surface area contributed by atoms with Gasteiger partial charge in [-0.15, -0.1) is 0 Å². The molecular weight excluding hydrogens is 341 g/mol. The van der Waals surface area contributed by atoms with Crippen LogP contribution >= 0.6 is 7.60 Å². The molecule has 2 aromatic rings. The molecule has 1 N–H and O–H groups in total. The molecule has 0 spiro atoms. The third-order valence-electron chi connectivity index (χ3n) is 3.72. The molecule has 1 atom stereocenters. The highest BCUT2D eigenvalue weighted by atomic mass is 31.2. The Kier molecular flexibility index (Phi) is 5.63. The predicted octanol–water partition coefficient (Wildman–Crippen LogP) is 4.79. The van der Waals surface area contributed by atoms with Crippen LogP contribution in [0.2, 0.25) is 0 Å². The second-order valence-corrected chi connectivity index (χ2v) is 7.51. The maximum atomic E-state index is 13.4. The average Bonchev–Trinajstić information content (AvgIpc) is 3.08. The minimum absolute atomic E-state index is 0.185. The number of benzene rings is 2. The van der Waals surface area contributed by atoms with Crippen LogP contribution in [-0.4, -0.2) is 20.0 Å². The van der Waals surface area contributed by atoms with Crippen molar-refractivity contribution in [3.05, 3.63) is 54.1 Å². The van der Waals surface area contributed by atoms with Gasteiger partial charge in [0.15, 0.2) is 17.3 Å². The minimum atomic E-state index is -3.45. The molecule has 2 aromatic carbocycles. The zero-order chi connectivity index (χ0) is 17.7. The Morgan fingerprint density at radius 2 is 1.72 bits per heavy atom. The maximum Gasteiger partial charge on any atom is 0.357 e. The summed E-state index contributed by atoms with van der Waals surface area (Å²) in [6.45, 7) is 4.35. The van der Waals surface area contributed by atoms with Gasteiger partial charge >= 0.3 is 7.60 Å². The van der Waals surface area contributed by atoms with Gasteiger partial charge in [-0.1, -0.05) is 24.3 Å². The Morgan fingerprint density at radius 1 is 1.04 bits per heavy atom. The molecule has 25 heavy (non-hydrogen) atoms. The molecule has 0 amide bonds. The summed E-state index contributed by atoms with van der Waals surface area (Å²) in [5.41, 5.74) is 1.57. The molecule has 0 aliphatic carbocycles. The van der Waals surface area contributed by atoms with E-state index in [2.05, 4.69) is 5.32 Å². The normalized spacial score (nSPS) is 14.3. The van der Waals surface area contributed by atoms with Crippen molar-refractivity contribution < 1.29 is 23.1 Å². The van der Waals surface area contributed by atoms with Gasteiger partial charge in [0.1, 0.15) is 0 Å². The Bertz CT molecular complexity index is 742. The number of hydrogen-bond acceptors (Lipinski definition) is 6. The van der Waals surface area contributed by atoms with Gasteiger partial charge in [-0.05, 0) is 43.7 Å². The highest BCUT2D eigenvalue weighted by molar-refractivity contribution is 7.54. The summed E-state index contributed by atoms with van der Waals surface area (Å²) < 4.78 is 35.4. The molecule has 0 bridgehead atoms. The first kappa shape index (κ1) is 17.8. The maximum absolute atomic E-state index is 13.4. The van der Waals surface area contributed by atoms with Crippen molar-refractivity contribution in [3.8, 4) is 11.5 Å². The topological polar surface area (TPSA) is 66.0 Å². The quantitative estimate of drug-likeness (QED) is 0.680. The standard InChI is InChI=1S/C18H22NO5P/c1-3-23-25(20,24-4-2)18(19-15-8-6-5-7-9-15)14-10-11-16-17(12-14)22-13-21-16/h5-12,18-19H,3-4,13H2,1-2H3/t18-/m0/s1. The van der Waals surface area contributed by atoms with Crippen molar-refractivity contribution in [2.24, 2.45) is 0 Å². The van der Waals surface area contributed by atoms with E-state index in [9.17, 15) is 4.57 Å². The molecule has 0 unspecified atom stereocenters. The lowest BCUT2D eigenvalue weighted by Gasteiger charge is -2.28. The zero-order valence-electron chi connectivity index (χ0n) is 14.3. The van der Waals surface area contributed by atoms with Crippen molar-refractivity contribution >= 4 is 13.3 Å². The van der Waals surface area contributed by atoms with Gasteiger partial charge in [0, 0.05) is 5.69 Å². The van der Waals surface area contributed by atoms with Gasteiger partial charge in [0.05, 0.1) is 13.2 Å². The fourth-order valence-electron chi connectivity index (χ4n) is 2.67. The molecule has 134 valence electrons. The van der Waals surface area contributed by atoms with E-state index in [-0.39, 0.29) is 20.0 Å². The number of anilines is 1. The van der Waals surface area contributed by atoms with Crippen LogP contribution < -0.4 is 14.8 Å². The second kappa shape index (κ2) is 7.91. The third-order valence-corrected chi connectivity index (χ3v) is 6.02. The largest absolute Gasteiger partial charge is 0.454 e. The van der Waals surface area contributed by atoms with E-state index in [1.807, 2.05) is 42.5 Å². The van der Waals surface area contributed by atoms with Gasteiger partial charge in [-0.25, -0.2) is 0 Å². The van der Waals surface area contributed by atoms with Gasteiger partial charge in [0.2, 0.25) is 6.79 Å². The second-order valence-electron chi connectivity index (χ2n) is 5.40. The van der Waals surface area contributed by atoms with E-state index in [1.54, 1.807) is 19.9 Å². The molecule has 1 aliphatic heterocycles. The van der Waals surface area contributed by atoms with Crippen LogP contribution in [0.5, 0.6) is 11.5 Å². The predicted molar refractivity (Wildman–Crippen MR) is 96.2 cm³/mol. The van der Waals surface area contributed by atoms with Crippen LogP contribution in [0.1, 0.15) is 25.2 Å². The first-order valence-corrected chi connectivity index (χ1v) is 9.87.